The van der Waals surface area contributed by atoms with Gasteiger partial charge < -0.3 is 11.5 Å². The third-order valence-electron chi connectivity index (χ3n) is 3.57. The number of hydrogen-bond acceptors (Lipinski definition) is 4. The molecule has 1 aromatic heterocycles. The van der Waals surface area contributed by atoms with Crippen molar-refractivity contribution in [2.24, 2.45) is 0 Å². The van der Waals surface area contributed by atoms with Crippen LogP contribution in [0.1, 0.15) is 11.1 Å². The maximum Gasteiger partial charge on any atom is 0.222 e. The van der Waals surface area contributed by atoms with Crippen LogP contribution < -0.4 is 11.5 Å². The third kappa shape index (κ3) is 2.77. The maximum absolute atomic E-state index is 6.13. The number of benzene rings is 2. The van der Waals surface area contributed by atoms with Crippen LogP contribution in [0.2, 0.25) is 0 Å². The van der Waals surface area contributed by atoms with Crippen molar-refractivity contribution in [3.8, 4) is 47.1 Å². The molecule has 0 unspecified atom stereocenters. The van der Waals surface area contributed by atoms with Gasteiger partial charge in [0.2, 0.25) is 5.95 Å². The fourth-order valence-electron chi connectivity index (χ4n) is 2.51. The van der Waals surface area contributed by atoms with E-state index in [1.165, 1.54) is 0 Å². The van der Waals surface area contributed by atoms with Crippen LogP contribution in [0.15, 0.2) is 48.5 Å². The van der Waals surface area contributed by atoms with Crippen molar-refractivity contribution in [1.29, 1.82) is 0 Å². The molecule has 3 rings (SSSR count). The number of terminal acetylenes is 2. The van der Waals surface area contributed by atoms with Gasteiger partial charge in [-0.3, -0.25) is 0 Å². The lowest BCUT2D eigenvalue weighted by Crippen LogP contribution is -2.04. The van der Waals surface area contributed by atoms with Gasteiger partial charge in [0.25, 0.3) is 0 Å². The highest BCUT2D eigenvalue weighted by atomic mass is 15.0. The SMILES string of the molecule is C#Cc1cccc(-c2nc(N)nc(N)c2-c2cccc(C#C)c2)c1. The van der Waals surface area contributed by atoms with Crippen molar-refractivity contribution < 1.29 is 0 Å². The monoisotopic (exact) mass is 310 g/mol. The molecule has 0 saturated carbocycles. The van der Waals surface area contributed by atoms with Crippen LogP contribution in [0.3, 0.4) is 0 Å². The molecular formula is C20H14N4. The highest BCUT2D eigenvalue weighted by molar-refractivity contribution is 5.88. The molecule has 0 bridgehead atoms. The lowest BCUT2D eigenvalue weighted by Gasteiger charge is -2.13. The van der Waals surface area contributed by atoms with E-state index in [0.29, 0.717) is 11.3 Å². The van der Waals surface area contributed by atoms with Crippen molar-refractivity contribution >= 4 is 11.8 Å². The minimum Gasteiger partial charge on any atom is -0.383 e. The van der Waals surface area contributed by atoms with Gasteiger partial charge in [0.05, 0.1) is 11.3 Å². The van der Waals surface area contributed by atoms with E-state index in [0.717, 1.165) is 22.3 Å². The number of nitrogen functional groups attached to an aromatic ring is 2. The van der Waals surface area contributed by atoms with Crippen LogP contribution >= 0.6 is 0 Å². The first-order chi connectivity index (χ1) is 11.6. The molecule has 3 aromatic rings. The summed E-state index contributed by atoms with van der Waals surface area (Å²) >= 11 is 0. The third-order valence-corrected chi connectivity index (χ3v) is 3.57. The van der Waals surface area contributed by atoms with Gasteiger partial charge in [-0.05, 0) is 29.8 Å². The molecule has 0 aliphatic heterocycles. The molecule has 2 aromatic carbocycles. The first kappa shape index (κ1) is 15.1. The molecule has 4 N–H and O–H groups in total. The van der Waals surface area contributed by atoms with Crippen molar-refractivity contribution in [1.82, 2.24) is 9.97 Å². The number of anilines is 2. The summed E-state index contributed by atoms with van der Waals surface area (Å²) in [6.45, 7) is 0. The molecule has 4 nitrogen and oxygen atoms in total. The lowest BCUT2D eigenvalue weighted by molar-refractivity contribution is 1.20. The van der Waals surface area contributed by atoms with Gasteiger partial charge in [-0.15, -0.1) is 12.8 Å². The summed E-state index contributed by atoms with van der Waals surface area (Å²) < 4.78 is 0. The number of rotatable bonds is 2. The first-order valence-electron chi connectivity index (χ1n) is 7.19. The molecule has 0 saturated heterocycles. The quantitative estimate of drug-likeness (QED) is 0.713. The Morgan fingerprint density at radius 3 is 2.00 bits per heavy atom. The van der Waals surface area contributed by atoms with Crippen LogP contribution in [-0.2, 0) is 0 Å². The van der Waals surface area contributed by atoms with E-state index in [1.54, 1.807) is 0 Å². The molecule has 4 heteroatoms. The lowest BCUT2D eigenvalue weighted by atomic mass is 9.97. The van der Waals surface area contributed by atoms with Crippen LogP contribution in [0.5, 0.6) is 0 Å². The normalized spacial score (nSPS) is 9.92. The molecule has 0 fully saturated rings. The zero-order valence-electron chi connectivity index (χ0n) is 12.8. The zero-order valence-corrected chi connectivity index (χ0v) is 12.8. The molecule has 0 spiro atoms. The molecule has 24 heavy (non-hydrogen) atoms. The Balaban J connectivity index is 2.30. The molecule has 0 aliphatic carbocycles. The Bertz CT molecular complexity index is 1010. The van der Waals surface area contributed by atoms with Crippen LogP contribution in [0, 0.1) is 24.7 Å². The van der Waals surface area contributed by atoms with E-state index in [2.05, 4.69) is 21.8 Å². The standard InChI is InChI=1S/C20H14N4/c1-3-13-7-5-9-15(11-13)17-18(23-20(22)24-19(17)21)16-10-6-8-14(4-2)12-16/h1-2,5-12H,(H4,21,22,23,24). The van der Waals surface area contributed by atoms with E-state index in [1.807, 2.05) is 48.5 Å². The summed E-state index contributed by atoms with van der Waals surface area (Å²) in [5, 5.41) is 0. The fourth-order valence-corrected chi connectivity index (χ4v) is 2.51. The second-order valence-electron chi connectivity index (χ2n) is 5.14. The van der Waals surface area contributed by atoms with Gasteiger partial charge in [-0.25, -0.2) is 4.98 Å². The summed E-state index contributed by atoms with van der Waals surface area (Å²) in [5.74, 6) is 5.62. The molecule has 114 valence electrons. The Kier molecular flexibility index (Phi) is 3.89. The van der Waals surface area contributed by atoms with Crippen molar-refractivity contribution in [2.45, 2.75) is 0 Å². The maximum atomic E-state index is 6.13. The molecule has 0 aliphatic rings. The Morgan fingerprint density at radius 1 is 0.792 bits per heavy atom. The first-order valence-corrected chi connectivity index (χ1v) is 7.19. The van der Waals surface area contributed by atoms with E-state index in [4.69, 9.17) is 24.3 Å². The molecular weight excluding hydrogens is 296 g/mol. The van der Waals surface area contributed by atoms with Crippen molar-refractivity contribution in [2.75, 3.05) is 11.5 Å². The minimum absolute atomic E-state index is 0.102. The molecule has 0 atom stereocenters. The second-order valence-corrected chi connectivity index (χ2v) is 5.14. The number of aromatic nitrogens is 2. The number of hydrogen-bond donors (Lipinski definition) is 2. The largest absolute Gasteiger partial charge is 0.383 e. The Morgan fingerprint density at radius 2 is 1.38 bits per heavy atom. The van der Waals surface area contributed by atoms with Crippen LogP contribution in [-0.4, -0.2) is 9.97 Å². The van der Waals surface area contributed by atoms with Gasteiger partial charge in [-0.1, -0.05) is 36.1 Å². The topological polar surface area (TPSA) is 77.8 Å². The van der Waals surface area contributed by atoms with Crippen LogP contribution in [0.25, 0.3) is 22.4 Å². The second kappa shape index (κ2) is 6.16. The predicted octanol–water partition coefficient (Wildman–Crippen LogP) is 2.94. The summed E-state index contributed by atoms with van der Waals surface area (Å²) in [4.78, 5) is 8.46. The highest BCUT2D eigenvalue weighted by Crippen LogP contribution is 2.35. The van der Waals surface area contributed by atoms with Gasteiger partial charge in [0.1, 0.15) is 5.82 Å². The fraction of sp³-hybridized carbons (Fsp3) is 0. The summed E-state index contributed by atoms with van der Waals surface area (Å²) in [6, 6.07) is 14.9. The van der Waals surface area contributed by atoms with Crippen molar-refractivity contribution in [3.05, 3.63) is 59.7 Å². The summed E-state index contributed by atoms with van der Waals surface area (Å²) in [5.41, 5.74) is 16.3. The summed E-state index contributed by atoms with van der Waals surface area (Å²) in [7, 11) is 0. The number of nitrogens with two attached hydrogens (primary N) is 2. The average molecular weight is 310 g/mol. The van der Waals surface area contributed by atoms with Gasteiger partial charge in [0.15, 0.2) is 0 Å². The summed E-state index contributed by atoms with van der Waals surface area (Å²) in [6.07, 6.45) is 11.0. The average Bonchev–Trinajstić information content (AvgIpc) is 2.61. The number of nitrogens with zero attached hydrogens (tertiary/aromatic N) is 2. The molecule has 0 amide bonds. The van der Waals surface area contributed by atoms with Crippen LogP contribution in [0.4, 0.5) is 11.8 Å². The highest BCUT2D eigenvalue weighted by Gasteiger charge is 2.16. The zero-order chi connectivity index (χ0) is 17.1. The Hall–Kier alpha value is -3.76. The predicted molar refractivity (Wildman–Crippen MR) is 97.6 cm³/mol. The smallest absolute Gasteiger partial charge is 0.222 e. The van der Waals surface area contributed by atoms with E-state index < -0.39 is 0 Å². The Labute approximate surface area is 140 Å². The van der Waals surface area contributed by atoms with Gasteiger partial charge in [0, 0.05) is 16.7 Å². The van der Waals surface area contributed by atoms with E-state index in [-0.39, 0.29) is 11.8 Å². The van der Waals surface area contributed by atoms with E-state index in [9.17, 15) is 0 Å². The van der Waals surface area contributed by atoms with Crippen molar-refractivity contribution in [3.63, 3.8) is 0 Å². The van der Waals surface area contributed by atoms with E-state index >= 15 is 0 Å². The van der Waals surface area contributed by atoms with Gasteiger partial charge >= 0.3 is 0 Å². The minimum atomic E-state index is 0.102. The molecule has 1 heterocycles. The van der Waals surface area contributed by atoms with Gasteiger partial charge in [-0.2, -0.15) is 4.98 Å². The molecule has 0 radical (unpaired) electrons.